The van der Waals surface area contributed by atoms with Crippen LogP contribution in [0.5, 0.6) is 0 Å². The molecule has 3 heteroatoms. The van der Waals surface area contributed by atoms with E-state index in [4.69, 9.17) is 0 Å². The number of hydrogen-bond acceptors (Lipinski definition) is 2. The second-order valence-corrected chi connectivity index (χ2v) is 6.50. The minimum atomic E-state index is -0.0850. The van der Waals surface area contributed by atoms with Gasteiger partial charge in [0.15, 0.2) is 0 Å². The molecule has 0 aromatic heterocycles. The molecule has 1 nitrogen and oxygen atoms in total. The average molecular weight is 267 g/mol. The molecule has 0 radical (unpaired) electrons. The van der Waals surface area contributed by atoms with E-state index in [1.54, 1.807) is 12.1 Å². The molecule has 100 valence electrons. The van der Waals surface area contributed by atoms with Gasteiger partial charge in [-0.2, -0.15) is 11.8 Å². The maximum Gasteiger partial charge on any atom is 0.126 e. The molecular weight excluding hydrogens is 245 g/mol. The normalized spacial score (nSPS) is 21.8. The van der Waals surface area contributed by atoms with Crippen LogP contribution < -0.4 is 5.32 Å². The summed E-state index contributed by atoms with van der Waals surface area (Å²) in [5.41, 5.74) is 0.814. The lowest BCUT2D eigenvalue weighted by atomic mass is 10.1. The Balaban J connectivity index is 1.74. The van der Waals surface area contributed by atoms with E-state index in [-0.39, 0.29) is 5.82 Å². The Bertz CT molecular complexity index is 363. The van der Waals surface area contributed by atoms with E-state index < -0.39 is 0 Å². The third-order valence-corrected chi connectivity index (χ3v) is 4.85. The van der Waals surface area contributed by atoms with Gasteiger partial charge in [-0.15, -0.1) is 0 Å². The van der Waals surface area contributed by atoms with Gasteiger partial charge in [-0.1, -0.05) is 24.6 Å². The Morgan fingerprint density at radius 3 is 2.94 bits per heavy atom. The largest absolute Gasteiger partial charge is 0.313 e. The molecule has 0 bridgehead atoms. The fourth-order valence-corrected chi connectivity index (χ4v) is 3.62. The maximum absolute atomic E-state index is 13.5. The summed E-state index contributed by atoms with van der Waals surface area (Å²) >= 11 is 2.08. The number of hydrogen-bond donors (Lipinski definition) is 1. The number of benzene rings is 1. The molecule has 0 spiro atoms. The van der Waals surface area contributed by atoms with Crippen molar-refractivity contribution in [3.8, 4) is 0 Å². The Morgan fingerprint density at radius 1 is 1.39 bits per heavy atom. The van der Waals surface area contributed by atoms with Crippen LogP contribution >= 0.6 is 11.8 Å². The molecule has 2 atom stereocenters. The van der Waals surface area contributed by atoms with Gasteiger partial charge < -0.3 is 5.32 Å². The summed E-state index contributed by atoms with van der Waals surface area (Å²) in [6.45, 7) is 3.19. The van der Waals surface area contributed by atoms with Crippen molar-refractivity contribution in [3.63, 3.8) is 0 Å². The second-order valence-electron chi connectivity index (χ2n) is 5.09. The summed E-state index contributed by atoms with van der Waals surface area (Å²) < 4.78 is 13.5. The van der Waals surface area contributed by atoms with Crippen LogP contribution in [-0.4, -0.2) is 23.6 Å². The van der Waals surface area contributed by atoms with Crippen molar-refractivity contribution in [1.82, 2.24) is 5.32 Å². The highest BCUT2D eigenvalue weighted by Gasteiger charge is 2.15. The van der Waals surface area contributed by atoms with Gasteiger partial charge in [-0.05, 0) is 43.6 Å². The molecule has 1 N–H and O–H groups in total. The molecule has 1 aliphatic rings. The molecule has 0 amide bonds. The number of rotatable bonds is 5. The van der Waals surface area contributed by atoms with Crippen molar-refractivity contribution >= 4 is 11.8 Å². The van der Waals surface area contributed by atoms with E-state index >= 15 is 0 Å². The lowest BCUT2D eigenvalue weighted by Gasteiger charge is -2.23. The fraction of sp³-hybridized carbons (Fsp3) is 0.600. The van der Waals surface area contributed by atoms with E-state index in [0.717, 1.165) is 23.8 Å². The first-order valence-corrected chi connectivity index (χ1v) is 7.89. The van der Waals surface area contributed by atoms with E-state index in [2.05, 4.69) is 24.0 Å². The minimum absolute atomic E-state index is 0.0850. The lowest BCUT2D eigenvalue weighted by Crippen LogP contribution is -2.35. The summed E-state index contributed by atoms with van der Waals surface area (Å²) in [5.74, 6) is 1.21. The first kappa shape index (κ1) is 13.9. The summed E-state index contributed by atoms with van der Waals surface area (Å²) in [7, 11) is 0. The highest BCUT2D eigenvalue weighted by Crippen LogP contribution is 2.24. The monoisotopic (exact) mass is 267 g/mol. The van der Waals surface area contributed by atoms with Crippen LogP contribution in [0.15, 0.2) is 24.3 Å². The van der Waals surface area contributed by atoms with Gasteiger partial charge in [0.1, 0.15) is 5.82 Å². The molecule has 0 aliphatic carbocycles. The lowest BCUT2D eigenvalue weighted by molar-refractivity contribution is 0.508. The molecule has 1 aromatic rings. The van der Waals surface area contributed by atoms with Gasteiger partial charge in [-0.3, -0.25) is 0 Å². The van der Waals surface area contributed by atoms with Crippen LogP contribution in [-0.2, 0) is 6.42 Å². The zero-order valence-corrected chi connectivity index (χ0v) is 11.8. The molecule has 1 aromatic carbocycles. The van der Waals surface area contributed by atoms with Crippen LogP contribution in [0.2, 0.25) is 0 Å². The molecule has 1 saturated heterocycles. The Kier molecular flexibility index (Phi) is 5.51. The van der Waals surface area contributed by atoms with E-state index in [1.165, 1.54) is 25.0 Å². The predicted molar refractivity (Wildman–Crippen MR) is 77.7 cm³/mol. The highest BCUT2D eigenvalue weighted by molar-refractivity contribution is 7.99. The van der Waals surface area contributed by atoms with Gasteiger partial charge in [0.25, 0.3) is 0 Å². The number of thioether (sulfide) groups is 1. The Labute approximate surface area is 114 Å². The van der Waals surface area contributed by atoms with Gasteiger partial charge in [0.05, 0.1) is 0 Å². The topological polar surface area (TPSA) is 12.0 Å². The van der Waals surface area contributed by atoms with Gasteiger partial charge in [0, 0.05) is 17.8 Å². The summed E-state index contributed by atoms with van der Waals surface area (Å²) in [6.07, 6.45) is 4.82. The van der Waals surface area contributed by atoms with Crippen molar-refractivity contribution in [3.05, 3.63) is 35.6 Å². The standard InChI is InChI=1S/C15H22FNS/c1-12(10-13-6-2-3-8-15(13)16)17-11-14-7-4-5-9-18-14/h2-3,6,8,12,14,17H,4-5,7,9-11H2,1H3. The number of nitrogens with one attached hydrogen (secondary N) is 1. The first-order valence-electron chi connectivity index (χ1n) is 6.84. The average Bonchev–Trinajstić information content (AvgIpc) is 2.40. The van der Waals surface area contributed by atoms with Crippen molar-refractivity contribution in [1.29, 1.82) is 0 Å². The summed E-state index contributed by atoms with van der Waals surface area (Å²) in [4.78, 5) is 0. The molecule has 1 heterocycles. The van der Waals surface area contributed by atoms with E-state index in [9.17, 15) is 4.39 Å². The predicted octanol–water partition coefficient (Wildman–Crippen LogP) is 3.63. The first-order chi connectivity index (χ1) is 8.75. The maximum atomic E-state index is 13.5. The van der Waals surface area contributed by atoms with Crippen molar-refractivity contribution in [2.24, 2.45) is 0 Å². The van der Waals surface area contributed by atoms with Crippen molar-refractivity contribution in [2.75, 3.05) is 12.3 Å². The van der Waals surface area contributed by atoms with Crippen molar-refractivity contribution < 1.29 is 4.39 Å². The van der Waals surface area contributed by atoms with Crippen LogP contribution in [0.1, 0.15) is 31.7 Å². The molecule has 2 rings (SSSR count). The van der Waals surface area contributed by atoms with Gasteiger partial charge in [-0.25, -0.2) is 4.39 Å². The molecular formula is C15H22FNS. The van der Waals surface area contributed by atoms with Gasteiger partial charge >= 0.3 is 0 Å². The van der Waals surface area contributed by atoms with Crippen molar-refractivity contribution in [2.45, 2.75) is 43.9 Å². The molecule has 2 unspecified atom stereocenters. The van der Waals surface area contributed by atoms with E-state index in [1.807, 2.05) is 12.1 Å². The third kappa shape index (κ3) is 4.29. The van der Waals surface area contributed by atoms with E-state index in [0.29, 0.717) is 6.04 Å². The zero-order valence-electron chi connectivity index (χ0n) is 11.0. The number of halogens is 1. The van der Waals surface area contributed by atoms with Crippen LogP contribution in [0.4, 0.5) is 4.39 Å². The van der Waals surface area contributed by atoms with Crippen LogP contribution in [0.25, 0.3) is 0 Å². The Hall–Kier alpha value is -0.540. The van der Waals surface area contributed by atoms with Crippen LogP contribution in [0, 0.1) is 5.82 Å². The molecule has 1 fully saturated rings. The SMILES string of the molecule is CC(Cc1ccccc1F)NCC1CCCCS1. The minimum Gasteiger partial charge on any atom is -0.313 e. The molecule has 0 saturated carbocycles. The summed E-state index contributed by atoms with van der Waals surface area (Å²) in [5, 5.41) is 4.29. The second kappa shape index (κ2) is 7.15. The molecule has 1 aliphatic heterocycles. The van der Waals surface area contributed by atoms with Gasteiger partial charge in [0.2, 0.25) is 0 Å². The smallest absolute Gasteiger partial charge is 0.126 e. The van der Waals surface area contributed by atoms with Crippen LogP contribution in [0.3, 0.4) is 0 Å². The fourth-order valence-electron chi connectivity index (χ4n) is 2.37. The Morgan fingerprint density at radius 2 is 2.22 bits per heavy atom. The highest BCUT2D eigenvalue weighted by atomic mass is 32.2. The quantitative estimate of drug-likeness (QED) is 0.874. The zero-order chi connectivity index (χ0) is 12.8. The third-order valence-electron chi connectivity index (χ3n) is 3.45. The summed E-state index contributed by atoms with van der Waals surface area (Å²) in [6, 6.07) is 7.41. The molecule has 18 heavy (non-hydrogen) atoms.